The smallest absolute Gasteiger partial charge is 0.243 e. The number of aliphatic hydroxyl groups excluding tert-OH is 2. The van der Waals surface area contributed by atoms with Gasteiger partial charge in [0.25, 0.3) is 0 Å². The van der Waals surface area contributed by atoms with Crippen molar-refractivity contribution in [1.29, 1.82) is 0 Å². The first kappa shape index (κ1) is 35.7. The standard InChI is InChI=1S/C35H45N3O9S2/c1-45-33-10-9-31(18-32(33)26-7-5-25(20-36)6-8-26)49(43,44)38-15-13-34(14-16-38)19-27(22-47-34)37-21-28(40)23-46-29-3-2-4-30(17-29)48(41,42)35(24-39)11-12-35/h2-10,17-18,27-28,37,39-40H,11-16,19-24,36H2,1H3/t27-,28?/m0/s1. The molecule has 14 heteroatoms. The van der Waals surface area contributed by atoms with Gasteiger partial charge in [-0.2, -0.15) is 4.31 Å². The first-order valence-corrected chi connectivity index (χ1v) is 19.5. The Morgan fingerprint density at radius 2 is 1.73 bits per heavy atom. The van der Waals surface area contributed by atoms with E-state index in [1.54, 1.807) is 37.4 Å². The maximum absolute atomic E-state index is 13.7. The molecule has 1 saturated carbocycles. The van der Waals surface area contributed by atoms with E-state index < -0.39 is 42.9 Å². The lowest BCUT2D eigenvalue weighted by Gasteiger charge is -2.38. The number of hydrogen-bond acceptors (Lipinski definition) is 11. The average Bonchev–Trinajstić information content (AvgIpc) is 3.85. The SMILES string of the molecule is COc1ccc(S(=O)(=O)N2CCC3(CC2)C[C@H](NCC(O)COc2cccc(S(=O)(=O)C4(CO)CC4)c2)CO3)cc1-c1ccc(CN)cc1. The summed E-state index contributed by atoms with van der Waals surface area (Å²) in [6.07, 6.45) is 1.80. The maximum Gasteiger partial charge on any atom is 0.243 e. The second kappa shape index (κ2) is 14.3. The zero-order valence-electron chi connectivity index (χ0n) is 27.6. The van der Waals surface area contributed by atoms with Crippen LogP contribution in [-0.4, -0.2) is 100 Å². The van der Waals surface area contributed by atoms with Gasteiger partial charge in [0, 0.05) is 37.8 Å². The van der Waals surface area contributed by atoms with Crippen LogP contribution in [0.2, 0.25) is 0 Å². The number of piperidine rings is 1. The first-order valence-electron chi connectivity index (χ1n) is 16.6. The lowest BCUT2D eigenvalue weighted by molar-refractivity contribution is -0.0312. The van der Waals surface area contributed by atoms with Gasteiger partial charge in [-0.15, -0.1) is 0 Å². The summed E-state index contributed by atoms with van der Waals surface area (Å²) in [7, 11) is -5.88. The van der Waals surface area contributed by atoms with Crippen LogP contribution in [0.25, 0.3) is 11.1 Å². The van der Waals surface area contributed by atoms with Crippen LogP contribution in [0.15, 0.2) is 76.5 Å². The van der Waals surface area contributed by atoms with Gasteiger partial charge in [0.05, 0.1) is 40.5 Å². The van der Waals surface area contributed by atoms with E-state index in [0.29, 0.717) is 75.4 Å². The Kier molecular flexibility index (Phi) is 10.4. The Morgan fingerprint density at radius 3 is 2.39 bits per heavy atom. The van der Waals surface area contributed by atoms with Crippen LogP contribution in [0.1, 0.15) is 37.7 Å². The third-order valence-electron chi connectivity index (χ3n) is 10.0. The number of methoxy groups -OCH3 is 1. The Labute approximate surface area is 288 Å². The first-order chi connectivity index (χ1) is 23.4. The number of nitrogens with one attached hydrogen (secondary N) is 1. The number of benzene rings is 3. The van der Waals surface area contributed by atoms with Crippen molar-refractivity contribution in [1.82, 2.24) is 9.62 Å². The molecule has 3 aromatic rings. The normalized spacial score (nSPS) is 21.0. The second-order valence-corrected chi connectivity index (χ2v) is 17.5. The monoisotopic (exact) mass is 715 g/mol. The minimum Gasteiger partial charge on any atom is -0.496 e. The molecule has 1 spiro atoms. The van der Waals surface area contributed by atoms with Gasteiger partial charge >= 0.3 is 0 Å². The molecular weight excluding hydrogens is 671 g/mol. The van der Waals surface area contributed by atoms with E-state index >= 15 is 0 Å². The van der Waals surface area contributed by atoms with Gasteiger partial charge in [-0.25, -0.2) is 16.8 Å². The summed E-state index contributed by atoms with van der Waals surface area (Å²) in [5.41, 5.74) is 7.79. The molecular formula is C35H45N3O9S2. The third kappa shape index (κ3) is 7.38. The highest BCUT2D eigenvalue weighted by molar-refractivity contribution is 7.93. The summed E-state index contributed by atoms with van der Waals surface area (Å²) in [5, 5.41) is 23.5. The summed E-state index contributed by atoms with van der Waals surface area (Å²) < 4.78 is 71.2. The molecule has 2 saturated heterocycles. The molecule has 2 aliphatic heterocycles. The molecule has 12 nitrogen and oxygen atoms in total. The summed E-state index contributed by atoms with van der Waals surface area (Å²) in [6, 6.07) is 18.7. The Hall–Kier alpha value is -3.08. The molecule has 0 amide bonds. The molecule has 266 valence electrons. The van der Waals surface area contributed by atoms with Crippen molar-refractivity contribution in [2.24, 2.45) is 5.73 Å². The molecule has 0 radical (unpaired) electrons. The summed E-state index contributed by atoms with van der Waals surface area (Å²) in [6.45, 7) is 1.30. The van der Waals surface area contributed by atoms with Gasteiger partial charge in [-0.1, -0.05) is 30.3 Å². The van der Waals surface area contributed by atoms with Crippen molar-refractivity contribution in [3.05, 3.63) is 72.3 Å². The molecule has 1 unspecified atom stereocenters. The van der Waals surface area contributed by atoms with Gasteiger partial charge in [-0.3, -0.25) is 0 Å². The lowest BCUT2D eigenvalue weighted by atomic mass is 9.88. The van der Waals surface area contributed by atoms with E-state index in [1.165, 1.54) is 16.4 Å². The van der Waals surface area contributed by atoms with Gasteiger partial charge in [-0.05, 0) is 79.6 Å². The Morgan fingerprint density at radius 1 is 1.00 bits per heavy atom. The van der Waals surface area contributed by atoms with Crippen molar-refractivity contribution < 1.29 is 41.3 Å². The predicted octanol–water partition coefficient (Wildman–Crippen LogP) is 2.46. The predicted molar refractivity (Wildman–Crippen MR) is 184 cm³/mol. The fraction of sp³-hybridized carbons (Fsp3) is 0.486. The van der Waals surface area contributed by atoms with E-state index in [0.717, 1.165) is 11.1 Å². The highest BCUT2D eigenvalue weighted by Crippen LogP contribution is 2.46. The quantitative estimate of drug-likeness (QED) is 0.193. The van der Waals surface area contributed by atoms with Crippen LogP contribution in [0.4, 0.5) is 0 Å². The molecule has 6 rings (SSSR count). The topological polar surface area (TPSA) is 178 Å². The number of nitrogens with zero attached hydrogens (tertiary/aromatic N) is 1. The molecule has 3 aliphatic rings. The van der Waals surface area contributed by atoms with E-state index in [-0.39, 0.29) is 29.0 Å². The molecule has 2 atom stereocenters. The molecule has 1 aliphatic carbocycles. The molecule has 5 N–H and O–H groups in total. The average molecular weight is 716 g/mol. The minimum atomic E-state index is -3.76. The lowest BCUT2D eigenvalue weighted by Crippen LogP contribution is -2.47. The largest absolute Gasteiger partial charge is 0.496 e. The third-order valence-corrected chi connectivity index (χ3v) is 14.5. The second-order valence-electron chi connectivity index (χ2n) is 13.3. The van der Waals surface area contributed by atoms with Crippen LogP contribution in [0.3, 0.4) is 0 Å². The fourth-order valence-electron chi connectivity index (χ4n) is 6.69. The van der Waals surface area contributed by atoms with Crippen molar-refractivity contribution >= 4 is 19.9 Å². The Balaban J connectivity index is 0.996. The van der Waals surface area contributed by atoms with Gasteiger partial charge in [0.15, 0.2) is 9.84 Å². The summed E-state index contributed by atoms with van der Waals surface area (Å²) in [4.78, 5) is 0.301. The highest BCUT2D eigenvalue weighted by Gasteiger charge is 2.54. The van der Waals surface area contributed by atoms with Crippen molar-refractivity contribution in [2.45, 2.75) is 70.9 Å². The number of sulfone groups is 1. The summed E-state index contributed by atoms with van der Waals surface area (Å²) >= 11 is 0. The van der Waals surface area contributed by atoms with Gasteiger partial charge in [0.1, 0.15) is 24.2 Å². The number of ether oxygens (including phenoxy) is 3. The van der Waals surface area contributed by atoms with Crippen LogP contribution in [0, 0.1) is 0 Å². The van der Waals surface area contributed by atoms with Gasteiger partial charge in [0.2, 0.25) is 10.0 Å². The van der Waals surface area contributed by atoms with Crippen LogP contribution < -0.4 is 20.5 Å². The van der Waals surface area contributed by atoms with Crippen LogP contribution in [0.5, 0.6) is 11.5 Å². The van der Waals surface area contributed by atoms with E-state index in [9.17, 15) is 27.0 Å². The molecule has 3 fully saturated rings. The number of aliphatic hydroxyl groups is 2. The van der Waals surface area contributed by atoms with Gasteiger partial charge < -0.3 is 35.5 Å². The van der Waals surface area contributed by atoms with Crippen molar-refractivity contribution in [2.75, 3.05) is 46.6 Å². The molecule has 3 aromatic carbocycles. The zero-order valence-corrected chi connectivity index (χ0v) is 29.2. The van der Waals surface area contributed by atoms with Crippen LogP contribution in [-0.2, 0) is 31.1 Å². The summed E-state index contributed by atoms with van der Waals surface area (Å²) in [5.74, 6) is 0.905. The van der Waals surface area contributed by atoms with Crippen molar-refractivity contribution in [3.8, 4) is 22.6 Å². The number of nitrogens with two attached hydrogens (primary N) is 1. The zero-order chi connectivity index (χ0) is 34.9. The van der Waals surface area contributed by atoms with Crippen LogP contribution >= 0.6 is 0 Å². The number of rotatable bonds is 14. The minimum absolute atomic E-state index is 0.0192. The van der Waals surface area contributed by atoms with E-state index in [4.69, 9.17) is 19.9 Å². The molecule has 0 bridgehead atoms. The Bertz CT molecular complexity index is 1840. The highest BCUT2D eigenvalue weighted by atomic mass is 32.2. The molecule has 49 heavy (non-hydrogen) atoms. The number of hydrogen-bond donors (Lipinski definition) is 4. The van der Waals surface area contributed by atoms with E-state index in [2.05, 4.69) is 5.32 Å². The van der Waals surface area contributed by atoms with E-state index in [1.807, 2.05) is 24.3 Å². The fourth-order valence-corrected chi connectivity index (χ4v) is 9.99. The number of sulfonamides is 1. The molecule has 0 aromatic heterocycles. The van der Waals surface area contributed by atoms with Crippen molar-refractivity contribution in [3.63, 3.8) is 0 Å². The molecule has 2 heterocycles. The maximum atomic E-state index is 13.7.